The molecule has 5 rings (SSSR count). The second-order valence-corrected chi connectivity index (χ2v) is 9.76. The quantitative estimate of drug-likeness (QED) is 0.332. The minimum absolute atomic E-state index is 0.0556. The molecule has 0 bridgehead atoms. The Morgan fingerprint density at radius 1 is 1.00 bits per heavy atom. The Morgan fingerprint density at radius 3 is 2.59 bits per heavy atom. The largest absolute Gasteiger partial charge is 0.325 e. The van der Waals surface area contributed by atoms with Gasteiger partial charge in [-0.25, -0.2) is 18.4 Å². The van der Waals surface area contributed by atoms with Crippen molar-refractivity contribution >= 4 is 55.9 Å². The van der Waals surface area contributed by atoms with Crippen molar-refractivity contribution in [2.45, 2.75) is 9.92 Å². The number of sulfonamides is 1. The highest BCUT2D eigenvalue weighted by atomic mass is 32.2. The summed E-state index contributed by atoms with van der Waals surface area (Å²) in [5.41, 5.74) is 2.70. The SMILES string of the molecule is O=C(CSc1nc2ccccc2n2cnnc12)Nc1ccc(S(=O)(=O)Nc2ccccn2)cc1. The molecule has 0 saturated heterocycles. The zero-order valence-electron chi connectivity index (χ0n) is 17.5. The lowest BCUT2D eigenvalue weighted by Crippen LogP contribution is -2.15. The van der Waals surface area contributed by atoms with Crippen molar-refractivity contribution in [3.05, 3.63) is 79.3 Å². The minimum Gasteiger partial charge on any atom is -0.325 e. The molecule has 0 aliphatic rings. The first-order valence-electron chi connectivity index (χ1n) is 10.0. The molecule has 10 nitrogen and oxygen atoms in total. The molecule has 0 spiro atoms. The van der Waals surface area contributed by atoms with Crippen molar-refractivity contribution in [1.82, 2.24) is 24.6 Å². The molecule has 12 heteroatoms. The van der Waals surface area contributed by atoms with E-state index >= 15 is 0 Å². The van der Waals surface area contributed by atoms with Crippen LogP contribution in [0.2, 0.25) is 0 Å². The van der Waals surface area contributed by atoms with Gasteiger partial charge in [0, 0.05) is 11.9 Å². The number of carbonyl (C=O) groups is 1. The van der Waals surface area contributed by atoms with Gasteiger partial charge in [0.15, 0.2) is 5.65 Å². The smallest absolute Gasteiger partial charge is 0.263 e. The molecule has 0 aliphatic carbocycles. The zero-order chi connectivity index (χ0) is 23.5. The summed E-state index contributed by atoms with van der Waals surface area (Å²) in [7, 11) is -3.79. The molecule has 1 amide bonds. The van der Waals surface area contributed by atoms with E-state index in [1.54, 1.807) is 24.5 Å². The highest BCUT2D eigenvalue weighted by Gasteiger charge is 2.16. The number of fused-ring (bicyclic) bond motifs is 3. The number of thioether (sulfide) groups is 1. The molecule has 0 atom stereocenters. The number of amides is 1. The molecule has 0 saturated carbocycles. The van der Waals surface area contributed by atoms with Gasteiger partial charge in [-0.3, -0.25) is 13.9 Å². The maximum Gasteiger partial charge on any atom is 0.263 e. The number of pyridine rings is 1. The summed E-state index contributed by atoms with van der Waals surface area (Å²) in [6.45, 7) is 0. The van der Waals surface area contributed by atoms with Gasteiger partial charge < -0.3 is 5.32 Å². The number of hydrogen-bond donors (Lipinski definition) is 2. The second-order valence-electron chi connectivity index (χ2n) is 7.11. The van der Waals surface area contributed by atoms with Crippen molar-refractivity contribution < 1.29 is 13.2 Å². The summed E-state index contributed by atoms with van der Waals surface area (Å²) in [5, 5.41) is 11.4. The third-order valence-electron chi connectivity index (χ3n) is 4.79. The van der Waals surface area contributed by atoms with Crippen molar-refractivity contribution in [3.8, 4) is 0 Å². The van der Waals surface area contributed by atoms with Gasteiger partial charge in [0.2, 0.25) is 5.91 Å². The van der Waals surface area contributed by atoms with Gasteiger partial charge in [0.1, 0.15) is 17.2 Å². The summed E-state index contributed by atoms with van der Waals surface area (Å²) < 4.78 is 29.3. The number of aromatic nitrogens is 5. The molecule has 5 aromatic rings. The fraction of sp³-hybridized carbons (Fsp3) is 0.0455. The number of carbonyl (C=O) groups excluding carboxylic acids is 1. The molecule has 3 heterocycles. The molecular weight excluding hydrogens is 474 g/mol. The number of hydrogen-bond acceptors (Lipinski definition) is 8. The van der Waals surface area contributed by atoms with E-state index in [0.717, 1.165) is 11.0 Å². The lowest BCUT2D eigenvalue weighted by Gasteiger charge is -2.09. The molecule has 34 heavy (non-hydrogen) atoms. The standard InChI is InChI=1S/C22H17N7O3S2/c30-20(13-33-22-21-27-24-14-29(21)18-6-2-1-5-17(18)26-22)25-15-8-10-16(11-9-15)34(31,32)28-19-7-3-4-12-23-19/h1-12,14H,13H2,(H,23,28)(H,25,30). The second kappa shape index (κ2) is 9.08. The summed E-state index contributed by atoms with van der Waals surface area (Å²) in [4.78, 5) is 21.1. The van der Waals surface area contributed by atoms with Crippen LogP contribution in [0.5, 0.6) is 0 Å². The van der Waals surface area contributed by atoms with Crippen molar-refractivity contribution in [2.75, 3.05) is 15.8 Å². The molecule has 0 unspecified atom stereocenters. The van der Waals surface area contributed by atoms with Crippen LogP contribution in [0.25, 0.3) is 16.7 Å². The summed E-state index contributed by atoms with van der Waals surface area (Å²) in [6, 6.07) is 18.4. The van der Waals surface area contributed by atoms with E-state index in [1.807, 2.05) is 28.7 Å². The van der Waals surface area contributed by atoms with Gasteiger partial charge in [-0.05, 0) is 48.5 Å². The van der Waals surface area contributed by atoms with Crippen molar-refractivity contribution in [3.63, 3.8) is 0 Å². The number of nitrogens with one attached hydrogen (secondary N) is 2. The number of anilines is 2. The molecule has 2 aromatic carbocycles. The number of para-hydroxylation sites is 2. The normalized spacial score (nSPS) is 11.5. The first kappa shape index (κ1) is 21.8. The van der Waals surface area contributed by atoms with E-state index in [4.69, 9.17) is 0 Å². The fourth-order valence-corrected chi connectivity index (χ4v) is 5.02. The predicted molar refractivity (Wildman–Crippen MR) is 129 cm³/mol. The number of rotatable bonds is 7. The van der Waals surface area contributed by atoms with Crippen LogP contribution in [0, 0.1) is 0 Å². The summed E-state index contributed by atoms with van der Waals surface area (Å²) >= 11 is 1.25. The third-order valence-corrected chi connectivity index (χ3v) is 7.12. The van der Waals surface area contributed by atoms with Crippen LogP contribution in [0.4, 0.5) is 11.5 Å². The topological polar surface area (TPSA) is 131 Å². The van der Waals surface area contributed by atoms with Crippen LogP contribution in [-0.2, 0) is 14.8 Å². The maximum atomic E-state index is 12.5. The third kappa shape index (κ3) is 4.54. The number of nitrogens with zero attached hydrogens (tertiary/aromatic N) is 5. The van der Waals surface area contributed by atoms with Gasteiger partial charge in [0.25, 0.3) is 10.0 Å². The Kier molecular flexibility index (Phi) is 5.82. The lowest BCUT2D eigenvalue weighted by atomic mass is 10.3. The molecule has 0 radical (unpaired) electrons. The molecule has 0 aliphatic heterocycles. The van der Waals surface area contributed by atoms with Crippen LogP contribution in [0.15, 0.2) is 89.2 Å². The van der Waals surface area contributed by atoms with E-state index in [9.17, 15) is 13.2 Å². The van der Waals surface area contributed by atoms with Crippen molar-refractivity contribution in [2.24, 2.45) is 0 Å². The Balaban J connectivity index is 1.25. The average Bonchev–Trinajstić information content (AvgIpc) is 3.34. The van der Waals surface area contributed by atoms with Crippen LogP contribution in [-0.4, -0.2) is 44.6 Å². The lowest BCUT2D eigenvalue weighted by molar-refractivity contribution is -0.113. The Bertz CT molecular complexity index is 1590. The molecule has 170 valence electrons. The van der Waals surface area contributed by atoms with Gasteiger partial charge >= 0.3 is 0 Å². The van der Waals surface area contributed by atoms with Gasteiger partial charge in [0.05, 0.1) is 21.7 Å². The van der Waals surface area contributed by atoms with Gasteiger partial charge in [-0.15, -0.1) is 10.2 Å². The molecular formula is C22H17N7O3S2. The highest BCUT2D eigenvalue weighted by molar-refractivity contribution is 8.00. The minimum atomic E-state index is -3.79. The highest BCUT2D eigenvalue weighted by Crippen LogP contribution is 2.25. The van der Waals surface area contributed by atoms with E-state index in [2.05, 4.69) is 30.2 Å². The molecule has 3 aromatic heterocycles. The van der Waals surface area contributed by atoms with Gasteiger partial charge in [-0.1, -0.05) is 30.0 Å². The first-order chi connectivity index (χ1) is 16.5. The van der Waals surface area contributed by atoms with Crippen LogP contribution < -0.4 is 10.0 Å². The Hall–Kier alpha value is -4.03. The molecule has 2 N–H and O–H groups in total. The Labute approximate surface area is 198 Å². The van der Waals surface area contributed by atoms with Crippen molar-refractivity contribution in [1.29, 1.82) is 0 Å². The average molecular weight is 492 g/mol. The van der Waals surface area contributed by atoms with E-state index in [0.29, 0.717) is 16.4 Å². The van der Waals surface area contributed by atoms with Crippen LogP contribution >= 0.6 is 11.8 Å². The summed E-state index contributed by atoms with van der Waals surface area (Å²) in [5.74, 6) is 0.0515. The molecule has 0 fully saturated rings. The van der Waals surface area contributed by atoms with E-state index in [1.165, 1.54) is 42.2 Å². The number of benzene rings is 2. The summed E-state index contributed by atoms with van der Waals surface area (Å²) in [6.07, 6.45) is 3.11. The van der Waals surface area contributed by atoms with E-state index in [-0.39, 0.29) is 22.4 Å². The Morgan fingerprint density at radius 2 is 1.79 bits per heavy atom. The first-order valence-corrected chi connectivity index (χ1v) is 12.5. The monoisotopic (exact) mass is 491 g/mol. The van der Waals surface area contributed by atoms with Crippen LogP contribution in [0.3, 0.4) is 0 Å². The van der Waals surface area contributed by atoms with E-state index < -0.39 is 10.0 Å². The van der Waals surface area contributed by atoms with Gasteiger partial charge in [-0.2, -0.15) is 0 Å². The van der Waals surface area contributed by atoms with Crippen LogP contribution in [0.1, 0.15) is 0 Å². The predicted octanol–water partition coefficient (Wildman–Crippen LogP) is 3.20. The maximum absolute atomic E-state index is 12.5. The zero-order valence-corrected chi connectivity index (χ0v) is 19.1. The fourth-order valence-electron chi connectivity index (χ4n) is 3.24.